The first-order valence-electron chi connectivity index (χ1n) is 4.70. The van der Waals surface area contributed by atoms with E-state index >= 15 is 0 Å². The Morgan fingerprint density at radius 1 is 1.50 bits per heavy atom. The number of ether oxygens (including phenoxy) is 1. The molecule has 6 heteroatoms. The second-order valence-corrected chi connectivity index (χ2v) is 3.16. The van der Waals surface area contributed by atoms with E-state index in [1.54, 1.807) is 6.07 Å². The molecule has 3 N–H and O–H groups in total. The third-order valence-corrected chi connectivity index (χ3v) is 2.14. The number of H-pyrrole nitrogens is 1. The van der Waals surface area contributed by atoms with Crippen LogP contribution in [0.25, 0.3) is 11.4 Å². The SMILES string of the molecule is COc1ccc(-c2n[nH]c(CN)n2)cc1F. The standard InChI is InChI=1S/C10H11FN4O/c1-16-8-3-2-6(4-7(8)11)10-13-9(5-12)14-15-10/h2-4H,5,12H2,1H3,(H,13,14,15). The van der Waals surface area contributed by atoms with Crippen LogP contribution in [0.15, 0.2) is 18.2 Å². The first-order valence-corrected chi connectivity index (χ1v) is 4.70. The van der Waals surface area contributed by atoms with E-state index in [0.29, 0.717) is 17.2 Å². The summed E-state index contributed by atoms with van der Waals surface area (Å²) < 4.78 is 18.2. The van der Waals surface area contributed by atoms with Crippen molar-refractivity contribution < 1.29 is 9.13 Å². The first kappa shape index (κ1) is 10.6. The van der Waals surface area contributed by atoms with Gasteiger partial charge in [-0.05, 0) is 18.2 Å². The van der Waals surface area contributed by atoms with Gasteiger partial charge in [0.1, 0.15) is 5.82 Å². The lowest BCUT2D eigenvalue weighted by Gasteiger charge is -2.02. The minimum atomic E-state index is -0.445. The monoisotopic (exact) mass is 222 g/mol. The van der Waals surface area contributed by atoms with Crippen LogP contribution in [-0.2, 0) is 6.54 Å². The molecule has 16 heavy (non-hydrogen) atoms. The Morgan fingerprint density at radius 2 is 2.31 bits per heavy atom. The van der Waals surface area contributed by atoms with Gasteiger partial charge in [-0.1, -0.05) is 0 Å². The van der Waals surface area contributed by atoms with Crippen LogP contribution in [0.2, 0.25) is 0 Å². The van der Waals surface area contributed by atoms with E-state index in [-0.39, 0.29) is 12.3 Å². The van der Waals surface area contributed by atoms with Crippen molar-refractivity contribution in [3.63, 3.8) is 0 Å². The minimum Gasteiger partial charge on any atom is -0.494 e. The van der Waals surface area contributed by atoms with Gasteiger partial charge < -0.3 is 10.5 Å². The lowest BCUT2D eigenvalue weighted by Crippen LogP contribution is -1.97. The molecular formula is C10H11FN4O. The van der Waals surface area contributed by atoms with Crippen LogP contribution in [0.4, 0.5) is 4.39 Å². The Labute approximate surface area is 91.5 Å². The molecule has 1 aromatic carbocycles. The van der Waals surface area contributed by atoms with Crippen molar-refractivity contribution in [1.29, 1.82) is 0 Å². The van der Waals surface area contributed by atoms with Crippen molar-refractivity contribution in [2.24, 2.45) is 5.73 Å². The van der Waals surface area contributed by atoms with Crippen LogP contribution in [0.1, 0.15) is 5.82 Å². The molecule has 1 aromatic heterocycles. The van der Waals surface area contributed by atoms with Crippen LogP contribution in [0.3, 0.4) is 0 Å². The highest BCUT2D eigenvalue weighted by Gasteiger charge is 2.08. The molecular weight excluding hydrogens is 211 g/mol. The molecule has 2 aromatic rings. The van der Waals surface area contributed by atoms with E-state index in [1.165, 1.54) is 19.2 Å². The Hall–Kier alpha value is -1.95. The maximum Gasteiger partial charge on any atom is 0.181 e. The number of aromatic amines is 1. The van der Waals surface area contributed by atoms with E-state index < -0.39 is 5.82 Å². The Balaban J connectivity index is 2.37. The highest BCUT2D eigenvalue weighted by molar-refractivity contribution is 5.56. The van der Waals surface area contributed by atoms with Gasteiger partial charge in [0.25, 0.3) is 0 Å². The largest absolute Gasteiger partial charge is 0.494 e. The van der Waals surface area contributed by atoms with Gasteiger partial charge in [-0.25, -0.2) is 9.37 Å². The Bertz CT molecular complexity index is 497. The molecule has 0 radical (unpaired) electrons. The van der Waals surface area contributed by atoms with Crippen molar-refractivity contribution >= 4 is 0 Å². The fourth-order valence-electron chi connectivity index (χ4n) is 1.32. The second-order valence-electron chi connectivity index (χ2n) is 3.16. The molecule has 0 aliphatic heterocycles. The van der Waals surface area contributed by atoms with Crippen LogP contribution in [0.5, 0.6) is 5.75 Å². The van der Waals surface area contributed by atoms with Gasteiger partial charge in [0.05, 0.1) is 13.7 Å². The fraction of sp³-hybridized carbons (Fsp3) is 0.200. The number of nitrogens with one attached hydrogen (secondary N) is 1. The number of hydrogen-bond acceptors (Lipinski definition) is 4. The van der Waals surface area contributed by atoms with Crippen LogP contribution >= 0.6 is 0 Å². The second kappa shape index (κ2) is 4.28. The summed E-state index contributed by atoms with van der Waals surface area (Å²) in [4.78, 5) is 4.10. The quantitative estimate of drug-likeness (QED) is 0.814. The molecule has 0 amide bonds. The van der Waals surface area contributed by atoms with Crippen molar-refractivity contribution in [2.75, 3.05) is 7.11 Å². The van der Waals surface area contributed by atoms with E-state index in [4.69, 9.17) is 10.5 Å². The van der Waals surface area contributed by atoms with Crippen molar-refractivity contribution in [3.05, 3.63) is 29.8 Å². The summed E-state index contributed by atoms with van der Waals surface area (Å²) in [5, 5.41) is 6.59. The molecule has 0 aliphatic rings. The third-order valence-electron chi connectivity index (χ3n) is 2.14. The highest BCUT2D eigenvalue weighted by atomic mass is 19.1. The zero-order valence-corrected chi connectivity index (χ0v) is 8.70. The van der Waals surface area contributed by atoms with E-state index in [0.717, 1.165) is 0 Å². The maximum atomic E-state index is 13.4. The smallest absolute Gasteiger partial charge is 0.181 e. The van der Waals surface area contributed by atoms with E-state index in [1.807, 2.05) is 0 Å². The summed E-state index contributed by atoms with van der Waals surface area (Å²) in [6, 6.07) is 4.54. The number of hydrogen-bond donors (Lipinski definition) is 2. The topological polar surface area (TPSA) is 76.8 Å². The van der Waals surface area contributed by atoms with Gasteiger partial charge in [-0.15, -0.1) is 0 Å². The van der Waals surface area contributed by atoms with Crippen LogP contribution in [-0.4, -0.2) is 22.3 Å². The predicted octanol–water partition coefficient (Wildman–Crippen LogP) is 1.08. The lowest BCUT2D eigenvalue weighted by molar-refractivity contribution is 0.386. The molecule has 1 heterocycles. The summed E-state index contributed by atoms with van der Waals surface area (Å²) in [5.74, 6) is 0.727. The van der Waals surface area contributed by atoms with Crippen molar-refractivity contribution in [2.45, 2.75) is 6.54 Å². The molecule has 0 atom stereocenters. The number of halogens is 1. The summed E-state index contributed by atoms with van der Waals surface area (Å²) in [6.45, 7) is 0.269. The Kier molecular flexibility index (Phi) is 2.82. The summed E-state index contributed by atoms with van der Waals surface area (Å²) in [6.07, 6.45) is 0. The molecule has 84 valence electrons. The van der Waals surface area contributed by atoms with Gasteiger partial charge in [-0.2, -0.15) is 5.10 Å². The normalized spacial score (nSPS) is 10.4. The lowest BCUT2D eigenvalue weighted by atomic mass is 10.2. The van der Waals surface area contributed by atoms with Gasteiger partial charge in [0.2, 0.25) is 0 Å². The van der Waals surface area contributed by atoms with Crippen LogP contribution < -0.4 is 10.5 Å². The summed E-state index contributed by atoms with van der Waals surface area (Å²) in [5.41, 5.74) is 5.97. The average molecular weight is 222 g/mol. The highest BCUT2D eigenvalue weighted by Crippen LogP contribution is 2.22. The third kappa shape index (κ3) is 1.87. The van der Waals surface area contributed by atoms with Gasteiger partial charge in [0, 0.05) is 5.56 Å². The van der Waals surface area contributed by atoms with Crippen molar-refractivity contribution in [1.82, 2.24) is 15.2 Å². The van der Waals surface area contributed by atoms with E-state index in [2.05, 4.69) is 15.2 Å². The summed E-state index contributed by atoms with van der Waals surface area (Å²) in [7, 11) is 1.41. The molecule has 2 rings (SSSR count). The van der Waals surface area contributed by atoms with Gasteiger partial charge >= 0.3 is 0 Å². The van der Waals surface area contributed by atoms with Gasteiger partial charge in [-0.3, -0.25) is 5.10 Å². The molecule has 0 fully saturated rings. The van der Waals surface area contributed by atoms with E-state index in [9.17, 15) is 4.39 Å². The summed E-state index contributed by atoms with van der Waals surface area (Å²) >= 11 is 0. The van der Waals surface area contributed by atoms with Crippen molar-refractivity contribution in [3.8, 4) is 17.1 Å². The average Bonchev–Trinajstić information content (AvgIpc) is 2.77. The number of aromatic nitrogens is 3. The number of methoxy groups -OCH3 is 1. The fourth-order valence-corrected chi connectivity index (χ4v) is 1.32. The molecule has 0 unspecified atom stereocenters. The first-order chi connectivity index (χ1) is 7.74. The maximum absolute atomic E-state index is 13.4. The molecule has 0 saturated carbocycles. The molecule has 5 nitrogen and oxygen atoms in total. The number of rotatable bonds is 3. The number of nitrogens with two attached hydrogens (primary N) is 1. The predicted molar refractivity (Wildman–Crippen MR) is 56.2 cm³/mol. The Morgan fingerprint density at radius 3 is 2.88 bits per heavy atom. The molecule has 0 spiro atoms. The number of benzene rings is 1. The zero-order chi connectivity index (χ0) is 11.5. The van der Waals surface area contributed by atoms with Gasteiger partial charge in [0.15, 0.2) is 17.4 Å². The van der Waals surface area contributed by atoms with Crippen LogP contribution in [0, 0.1) is 5.82 Å². The molecule has 0 aliphatic carbocycles. The minimum absolute atomic E-state index is 0.193. The zero-order valence-electron chi connectivity index (χ0n) is 8.70. The molecule has 0 bridgehead atoms. The number of nitrogens with zero attached hydrogens (tertiary/aromatic N) is 2. The molecule has 0 saturated heterocycles.